The van der Waals surface area contributed by atoms with Gasteiger partial charge in [-0.1, -0.05) is 23.7 Å². The first-order chi connectivity index (χ1) is 10.1. The van der Waals surface area contributed by atoms with Crippen LogP contribution in [0.2, 0.25) is 5.02 Å². The van der Waals surface area contributed by atoms with Crippen LogP contribution in [0.15, 0.2) is 24.3 Å². The third-order valence-electron chi connectivity index (χ3n) is 4.38. The van der Waals surface area contributed by atoms with Crippen molar-refractivity contribution in [2.75, 3.05) is 40.8 Å². The van der Waals surface area contributed by atoms with Gasteiger partial charge in [0, 0.05) is 30.2 Å². The molecule has 1 aliphatic rings. The van der Waals surface area contributed by atoms with Gasteiger partial charge in [-0.25, -0.2) is 0 Å². The third kappa shape index (κ3) is 4.96. The van der Waals surface area contributed by atoms with Crippen molar-refractivity contribution in [2.24, 2.45) is 0 Å². The fraction of sp³-hybridized carbons (Fsp3) is 0.647. The van der Waals surface area contributed by atoms with E-state index in [4.69, 9.17) is 11.6 Å². The Morgan fingerprint density at radius 3 is 2.90 bits per heavy atom. The number of likely N-dealkylation sites (N-methyl/N-ethyl adjacent to an activating group) is 1. The lowest BCUT2D eigenvalue weighted by molar-refractivity contribution is 0.200. The van der Waals surface area contributed by atoms with Crippen LogP contribution in [0.1, 0.15) is 30.9 Å². The van der Waals surface area contributed by atoms with E-state index in [-0.39, 0.29) is 0 Å². The van der Waals surface area contributed by atoms with Crippen LogP contribution in [0.25, 0.3) is 0 Å². The van der Waals surface area contributed by atoms with Crippen LogP contribution in [-0.4, -0.2) is 56.6 Å². The molecule has 0 saturated carbocycles. The van der Waals surface area contributed by atoms with Crippen molar-refractivity contribution in [2.45, 2.75) is 31.3 Å². The molecule has 1 aliphatic heterocycles. The van der Waals surface area contributed by atoms with Crippen molar-refractivity contribution < 1.29 is 0 Å². The van der Waals surface area contributed by atoms with E-state index in [1.165, 1.54) is 31.5 Å². The second kappa shape index (κ2) is 8.14. The van der Waals surface area contributed by atoms with Gasteiger partial charge in [0.25, 0.3) is 0 Å². The number of likely N-dealkylation sites (tertiary alicyclic amines) is 1. The molecule has 2 unspecified atom stereocenters. The molecule has 3 nitrogen and oxygen atoms in total. The van der Waals surface area contributed by atoms with Crippen molar-refractivity contribution in [3.63, 3.8) is 0 Å². The predicted molar refractivity (Wildman–Crippen MR) is 91.0 cm³/mol. The lowest BCUT2D eigenvalue weighted by Gasteiger charge is -2.28. The van der Waals surface area contributed by atoms with E-state index in [1.807, 2.05) is 19.2 Å². The quantitative estimate of drug-likeness (QED) is 0.835. The van der Waals surface area contributed by atoms with Crippen LogP contribution in [0.3, 0.4) is 0 Å². The zero-order chi connectivity index (χ0) is 15.2. The Balaban J connectivity index is 1.90. The van der Waals surface area contributed by atoms with Gasteiger partial charge in [-0.3, -0.25) is 4.90 Å². The Bertz CT molecular complexity index is 436. The van der Waals surface area contributed by atoms with Crippen LogP contribution in [0.5, 0.6) is 0 Å². The van der Waals surface area contributed by atoms with Gasteiger partial charge in [-0.15, -0.1) is 0 Å². The van der Waals surface area contributed by atoms with Gasteiger partial charge in [-0.05, 0) is 64.6 Å². The zero-order valence-electron chi connectivity index (χ0n) is 13.5. The highest BCUT2D eigenvalue weighted by Crippen LogP contribution is 2.23. The lowest BCUT2D eigenvalue weighted by atomic mass is 10.0. The van der Waals surface area contributed by atoms with Crippen LogP contribution < -0.4 is 5.32 Å². The first-order valence-electron chi connectivity index (χ1n) is 7.91. The number of nitrogens with zero attached hydrogens (tertiary/aromatic N) is 2. The lowest BCUT2D eigenvalue weighted by Crippen LogP contribution is -2.39. The van der Waals surface area contributed by atoms with Crippen LogP contribution in [-0.2, 0) is 0 Å². The molecule has 1 fully saturated rings. The van der Waals surface area contributed by atoms with E-state index in [9.17, 15) is 0 Å². The monoisotopic (exact) mass is 309 g/mol. The maximum absolute atomic E-state index is 6.11. The highest BCUT2D eigenvalue weighted by atomic mass is 35.5. The van der Waals surface area contributed by atoms with Gasteiger partial charge < -0.3 is 10.2 Å². The second-order valence-corrected chi connectivity index (χ2v) is 6.72. The predicted octanol–water partition coefficient (Wildman–Crippen LogP) is 3.02. The maximum atomic E-state index is 6.11. The zero-order valence-corrected chi connectivity index (χ0v) is 14.2. The minimum Gasteiger partial charge on any atom is -0.313 e. The Kier molecular flexibility index (Phi) is 6.49. The molecule has 1 N–H and O–H groups in total. The maximum Gasteiger partial charge on any atom is 0.0409 e. The topological polar surface area (TPSA) is 18.5 Å². The number of halogens is 1. The SMILES string of the molecule is CNC(CCN1CCCC1CN(C)C)c1cccc(Cl)c1. The van der Waals surface area contributed by atoms with Gasteiger partial charge in [0.1, 0.15) is 0 Å². The molecule has 4 heteroatoms. The number of benzene rings is 1. The molecule has 2 atom stereocenters. The number of nitrogens with one attached hydrogen (secondary N) is 1. The molecule has 1 saturated heterocycles. The second-order valence-electron chi connectivity index (χ2n) is 6.28. The molecule has 0 spiro atoms. The van der Waals surface area contributed by atoms with Crippen LogP contribution in [0.4, 0.5) is 0 Å². The number of rotatable bonds is 7. The first-order valence-corrected chi connectivity index (χ1v) is 8.29. The van der Waals surface area contributed by atoms with E-state index >= 15 is 0 Å². The highest BCUT2D eigenvalue weighted by Gasteiger charge is 2.25. The van der Waals surface area contributed by atoms with E-state index < -0.39 is 0 Å². The van der Waals surface area contributed by atoms with Crippen molar-refractivity contribution in [1.29, 1.82) is 0 Å². The summed E-state index contributed by atoms with van der Waals surface area (Å²) >= 11 is 6.11. The fourth-order valence-electron chi connectivity index (χ4n) is 3.31. The van der Waals surface area contributed by atoms with E-state index in [1.54, 1.807) is 0 Å². The van der Waals surface area contributed by atoms with Crippen molar-refractivity contribution in [3.8, 4) is 0 Å². The molecule has 0 radical (unpaired) electrons. The molecule has 0 amide bonds. The van der Waals surface area contributed by atoms with E-state index in [0.717, 1.165) is 24.0 Å². The highest BCUT2D eigenvalue weighted by molar-refractivity contribution is 6.30. The van der Waals surface area contributed by atoms with E-state index in [0.29, 0.717) is 6.04 Å². The van der Waals surface area contributed by atoms with Gasteiger partial charge in [0.15, 0.2) is 0 Å². The Morgan fingerprint density at radius 2 is 2.24 bits per heavy atom. The van der Waals surface area contributed by atoms with Gasteiger partial charge in [0.05, 0.1) is 0 Å². The molecule has 1 heterocycles. The third-order valence-corrected chi connectivity index (χ3v) is 4.61. The van der Waals surface area contributed by atoms with Crippen molar-refractivity contribution in [1.82, 2.24) is 15.1 Å². The van der Waals surface area contributed by atoms with Crippen molar-refractivity contribution in [3.05, 3.63) is 34.9 Å². The molecular formula is C17H28ClN3. The number of hydrogen-bond donors (Lipinski definition) is 1. The summed E-state index contributed by atoms with van der Waals surface area (Å²) in [5.41, 5.74) is 1.29. The minimum atomic E-state index is 0.379. The summed E-state index contributed by atoms with van der Waals surface area (Å²) in [4.78, 5) is 4.95. The Hall–Kier alpha value is -0.610. The molecule has 0 aromatic heterocycles. The first kappa shape index (κ1) is 16.8. The minimum absolute atomic E-state index is 0.379. The summed E-state index contributed by atoms with van der Waals surface area (Å²) in [5.74, 6) is 0. The molecule has 0 aliphatic carbocycles. The molecule has 2 rings (SSSR count). The fourth-order valence-corrected chi connectivity index (χ4v) is 3.51. The molecule has 21 heavy (non-hydrogen) atoms. The standard InChI is InChI=1S/C17H28ClN3/c1-19-17(14-6-4-7-15(18)12-14)9-11-21-10-5-8-16(21)13-20(2)3/h4,6-7,12,16-17,19H,5,8-11,13H2,1-3H3. The molecule has 1 aromatic rings. The number of hydrogen-bond acceptors (Lipinski definition) is 3. The Morgan fingerprint density at radius 1 is 1.43 bits per heavy atom. The molecular weight excluding hydrogens is 282 g/mol. The molecule has 1 aromatic carbocycles. The van der Waals surface area contributed by atoms with Gasteiger partial charge in [0.2, 0.25) is 0 Å². The van der Waals surface area contributed by atoms with Crippen LogP contribution >= 0.6 is 11.6 Å². The summed E-state index contributed by atoms with van der Waals surface area (Å²) in [6.45, 7) is 3.56. The van der Waals surface area contributed by atoms with Gasteiger partial charge in [-0.2, -0.15) is 0 Å². The summed E-state index contributed by atoms with van der Waals surface area (Å²) in [5, 5.41) is 4.25. The summed E-state index contributed by atoms with van der Waals surface area (Å²) in [6, 6.07) is 9.30. The smallest absolute Gasteiger partial charge is 0.0409 e. The van der Waals surface area contributed by atoms with Gasteiger partial charge >= 0.3 is 0 Å². The van der Waals surface area contributed by atoms with Crippen molar-refractivity contribution >= 4 is 11.6 Å². The largest absolute Gasteiger partial charge is 0.313 e. The summed E-state index contributed by atoms with van der Waals surface area (Å²) < 4.78 is 0. The summed E-state index contributed by atoms with van der Waals surface area (Å²) in [6.07, 6.45) is 3.79. The molecule has 0 bridgehead atoms. The average molecular weight is 310 g/mol. The normalized spacial score (nSPS) is 21.1. The van der Waals surface area contributed by atoms with Crippen LogP contribution in [0, 0.1) is 0 Å². The summed E-state index contributed by atoms with van der Waals surface area (Å²) in [7, 11) is 6.37. The Labute approximate surface area is 134 Å². The average Bonchev–Trinajstić information content (AvgIpc) is 2.86. The van der Waals surface area contributed by atoms with E-state index in [2.05, 4.69) is 41.3 Å². The molecule has 118 valence electrons.